The fourth-order valence-electron chi connectivity index (χ4n) is 3.64. The van der Waals surface area contributed by atoms with Crippen molar-refractivity contribution in [2.24, 2.45) is 0 Å². The van der Waals surface area contributed by atoms with Crippen LogP contribution in [0.25, 0.3) is 22.2 Å². The van der Waals surface area contributed by atoms with Crippen LogP contribution < -0.4 is 10.9 Å². The van der Waals surface area contributed by atoms with Crippen LogP contribution in [0.3, 0.4) is 0 Å². The van der Waals surface area contributed by atoms with Crippen molar-refractivity contribution in [1.82, 2.24) is 29.8 Å². The van der Waals surface area contributed by atoms with E-state index in [1.165, 1.54) is 12.4 Å². The Balaban J connectivity index is 1.50. The Morgan fingerprint density at radius 3 is 2.83 bits per heavy atom. The summed E-state index contributed by atoms with van der Waals surface area (Å²) in [6.45, 7) is 0.499. The maximum Gasteiger partial charge on any atom is 0.271 e. The molecule has 142 valence electrons. The van der Waals surface area contributed by atoms with Crippen LogP contribution in [0.2, 0.25) is 0 Å². The highest BCUT2D eigenvalue weighted by Gasteiger charge is 2.28. The van der Waals surface area contributed by atoms with E-state index >= 15 is 0 Å². The first kappa shape index (κ1) is 17.2. The van der Waals surface area contributed by atoms with Gasteiger partial charge in [-0.05, 0) is 23.9 Å². The lowest BCUT2D eigenvalue weighted by Crippen LogP contribution is -2.30. The molecule has 1 amide bonds. The monoisotopic (exact) mass is 384 g/mol. The molecule has 1 aliphatic heterocycles. The van der Waals surface area contributed by atoms with Crippen molar-refractivity contribution in [3.05, 3.63) is 83.1 Å². The fraction of sp³-hybridized carbons (Fsp3) is 0.143. The van der Waals surface area contributed by atoms with E-state index in [1.807, 2.05) is 30.3 Å². The van der Waals surface area contributed by atoms with E-state index in [9.17, 15) is 9.59 Å². The molecule has 1 atom stereocenters. The molecule has 0 aliphatic carbocycles. The highest BCUT2D eigenvalue weighted by molar-refractivity contribution is 6.05. The Bertz CT molecular complexity index is 1280. The van der Waals surface area contributed by atoms with Gasteiger partial charge in [-0.1, -0.05) is 24.3 Å². The fourth-order valence-corrected chi connectivity index (χ4v) is 3.64. The van der Waals surface area contributed by atoms with Crippen LogP contribution in [0.15, 0.2) is 66.0 Å². The van der Waals surface area contributed by atoms with E-state index in [0.717, 1.165) is 10.8 Å². The van der Waals surface area contributed by atoms with Gasteiger partial charge in [-0.2, -0.15) is 0 Å². The number of amides is 1. The summed E-state index contributed by atoms with van der Waals surface area (Å²) >= 11 is 0. The SMILES string of the molecule is O=C(NC1CCn2c1nc(-c1ccncn1)cc2=O)c1nccc2ccccc12. The second-order valence-electron chi connectivity index (χ2n) is 6.78. The van der Waals surface area contributed by atoms with Gasteiger partial charge in [-0.3, -0.25) is 19.1 Å². The lowest BCUT2D eigenvalue weighted by atomic mass is 10.1. The number of hydrogen-bond donors (Lipinski definition) is 1. The third kappa shape index (κ3) is 3.04. The van der Waals surface area contributed by atoms with Crippen molar-refractivity contribution in [2.45, 2.75) is 19.0 Å². The Kier molecular flexibility index (Phi) is 4.09. The molecule has 5 rings (SSSR count). The number of aromatic nitrogens is 5. The van der Waals surface area contributed by atoms with Crippen molar-refractivity contribution >= 4 is 16.7 Å². The van der Waals surface area contributed by atoms with E-state index in [1.54, 1.807) is 23.0 Å². The predicted octanol–water partition coefficient (Wildman–Crippen LogP) is 2.12. The molecule has 8 nitrogen and oxygen atoms in total. The van der Waals surface area contributed by atoms with Gasteiger partial charge < -0.3 is 5.32 Å². The van der Waals surface area contributed by atoms with E-state index in [-0.39, 0.29) is 17.5 Å². The number of rotatable bonds is 3. The summed E-state index contributed by atoms with van der Waals surface area (Å²) in [5, 5.41) is 4.72. The number of benzene rings is 1. The van der Waals surface area contributed by atoms with Gasteiger partial charge in [0.25, 0.3) is 11.5 Å². The van der Waals surface area contributed by atoms with Gasteiger partial charge in [0.1, 0.15) is 17.8 Å². The number of carbonyl (C=O) groups is 1. The largest absolute Gasteiger partial charge is 0.341 e. The van der Waals surface area contributed by atoms with Crippen LogP contribution in [-0.2, 0) is 6.54 Å². The predicted molar refractivity (Wildman–Crippen MR) is 106 cm³/mol. The van der Waals surface area contributed by atoms with Crippen LogP contribution in [0, 0.1) is 0 Å². The summed E-state index contributed by atoms with van der Waals surface area (Å²) in [5.41, 5.74) is 1.22. The highest BCUT2D eigenvalue weighted by atomic mass is 16.2. The zero-order valence-corrected chi connectivity index (χ0v) is 15.3. The van der Waals surface area contributed by atoms with Crippen LogP contribution in [-0.4, -0.2) is 30.4 Å². The maximum absolute atomic E-state index is 13.0. The van der Waals surface area contributed by atoms with Crippen LogP contribution in [0.1, 0.15) is 28.8 Å². The minimum Gasteiger partial charge on any atom is -0.341 e. The van der Waals surface area contributed by atoms with E-state index in [2.05, 4.69) is 25.3 Å². The molecular formula is C21H16N6O2. The van der Waals surface area contributed by atoms with Crippen LogP contribution >= 0.6 is 0 Å². The molecule has 29 heavy (non-hydrogen) atoms. The first-order valence-electron chi connectivity index (χ1n) is 9.23. The number of nitrogens with one attached hydrogen (secondary N) is 1. The summed E-state index contributed by atoms with van der Waals surface area (Å²) in [6, 6.07) is 12.3. The Morgan fingerprint density at radius 1 is 1.07 bits per heavy atom. The molecule has 8 heteroatoms. The molecule has 0 spiro atoms. The zero-order valence-electron chi connectivity index (χ0n) is 15.3. The third-order valence-electron chi connectivity index (χ3n) is 5.03. The van der Waals surface area contributed by atoms with Gasteiger partial charge in [-0.25, -0.2) is 15.0 Å². The Hall–Kier alpha value is -3.94. The number of nitrogens with zero attached hydrogens (tertiary/aromatic N) is 5. The lowest BCUT2D eigenvalue weighted by molar-refractivity contribution is 0.0932. The van der Waals surface area contributed by atoms with Crippen molar-refractivity contribution in [2.75, 3.05) is 0 Å². The molecule has 1 aliphatic rings. The normalized spacial score (nSPS) is 15.2. The first-order chi connectivity index (χ1) is 14.2. The van der Waals surface area contributed by atoms with Gasteiger partial charge in [0.2, 0.25) is 0 Å². The van der Waals surface area contributed by atoms with Gasteiger partial charge in [0, 0.05) is 30.4 Å². The maximum atomic E-state index is 13.0. The average Bonchev–Trinajstić information content (AvgIpc) is 3.17. The number of fused-ring (bicyclic) bond motifs is 2. The Labute approximate surface area is 165 Å². The van der Waals surface area contributed by atoms with Crippen molar-refractivity contribution in [3.8, 4) is 11.4 Å². The first-order valence-corrected chi connectivity index (χ1v) is 9.23. The minimum atomic E-state index is -0.377. The quantitative estimate of drug-likeness (QED) is 0.580. The second kappa shape index (κ2) is 6.90. The smallest absolute Gasteiger partial charge is 0.271 e. The molecule has 1 unspecified atom stereocenters. The molecule has 0 fully saturated rings. The summed E-state index contributed by atoms with van der Waals surface area (Å²) in [4.78, 5) is 42.4. The van der Waals surface area contributed by atoms with Gasteiger partial charge in [0.05, 0.1) is 17.4 Å². The number of pyridine rings is 1. The summed E-state index contributed by atoms with van der Waals surface area (Å²) in [6.07, 6.45) is 5.22. The molecule has 4 aromatic rings. The van der Waals surface area contributed by atoms with Crippen molar-refractivity contribution in [1.29, 1.82) is 0 Å². The molecular weight excluding hydrogens is 368 g/mol. The highest BCUT2D eigenvalue weighted by Crippen LogP contribution is 2.25. The van der Waals surface area contributed by atoms with E-state index in [4.69, 9.17) is 0 Å². The van der Waals surface area contributed by atoms with Crippen LogP contribution in [0.5, 0.6) is 0 Å². The number of carbonyl (C=O) groups excluding carboxylic acids is 1. The second-order valence-corrected chi connectivity index (χ2v) is 6.78. The summed E-state index contributed by atoms with van der Waals surface area (Å²) < 4.78 is 1.59. The van der Waals surface area contributed by atoms with Gasteiger partial charge in [-0.15, -0.1) is 0 Å². The summed E-state index contributed by atoms with van der Waals surface area (Å²) in [7, 11) is 0. The van der Waals surface area contributed by atoms with E-state index in [0.29, 0.717) is 35.9 Å². The van der Waals surface area contributed by atoms with Crippen molar-refractivity contribution in [3.63, 3.8) is 0 Å². The third-order valence-corrected chi connectivity index (χ3v) is 5.03. The van der Waals surface area contributed by atoms with E-state index < -0.39 is 0 Å². The molecule has 4 heterocycles. The summed E-state index contributed by atoms with van der Waals surface area (Å²) in [5.74, 6) is 0.238. The topological polar surface area (TPSA) is 103 Å². The van der Waals surface area contributed by atoms with Gasteiger partial charge in [0.15, 0.2) is 0 Å². The standard InChI is InChI=1S/C21H16N6O2/c28-18-11-17(15-6-8-22-12-24-15)25-20-16(7-10-27(18)20)26-21(29)19-14-4-2-1-3-13(14)5-9-23-19/h1-6,8-9,11-12,16H,7,10H2,(H,26,29). The van der Waals surface area contributed by atoms with Gasteiger partial charge >= 0.3 is 0 Å². The number of hydrogen-bond acceptors (Lipinski definition) is 6. The molecule has 1 aromatic carbocycles. The molecule has 3 aromatic heterocycles. The molecule has 1 N–H and O–H groups in total. The molecule has 0 saturated heterocycles. The zero-order chi connectivity index (χ0) is 19.8. The van der Waals surface area contributed by atoms with Crippen LogP contribution in [0.4, 0.5) is 0 Å². The van der Waals surface area contributed by atoms with Crippen molar-refractivity contribution < 1.29 is 4.79 Å². The minimum absolute atomic E-state index is 0.163. The Morgan fingerprint density at radius 2 is 1.97 bits per heavy atom. The lowest BCUT2D eigenvalue weighted by Gasteiger charge is -2.14. The molecule has 0 saturated carbocycles. The molecule has 0 bridgehead atoms. The average molecular weight is 384 g/mol. The molecule has 0 radical (unpaired) electrons.